The minimum atomic E-state index is -0.215. The van der Waals surface area contributed by atoms with Crippen LogP contribution in [0.4, 0.5) is 11.4 Å². The number of amidine groups is 1. The van der Waals surface area contributed by atoms with Crippen molar-refractivity contribution in [3.63, 3.8) is 0 Å². The fraction of sp³-hybridized carbons (Fsp3) is 0.346. The number of hydrogen-bond acceptors (Lipinski definition) is 4. The van der Waals surface area contributed by atoms with Gasteiger partial charge in [-0.2, -0.15) is 0 Å². The van der Waals surface area contributed by atoms with Gasteiger partial charge in [0.1, 0.15) is 5.84 Å². The number of carbonyl (C=O) groups excluding carboxylic acids is 2. The minimum absolute atomic E-state index is 0.00339. The van der Waals surface area contributed by atoms with Gasteiger partial charge >= 0.3 is 0 Å². The summed E-state index contributed by atoms with van der Waals surface area (Å²) in [4.78, 5) is 32.3. The Balaban J connectivity index is 1.88. The monoisotopic (exact) mass is 432 g/mol. The Morgan fingerprint density at radius 2 is 1.69 bits per heavy atom. The number of rotatable bonds is 7. The van der Waals surface area contributed by atoms with Crippen LogP contribution >= 0.6 is 0 Å². The van der Waals surface area contributed by atoms with Crippen LogP contribution in [-0.4, -0.2) is 35.6 Å². The molecule has 0 saturated carbocycles. The molecule has 2 aromatic rings. The van der Waals surface area contributed by atoms with Crippen LogP contribution in [-0.2, 0) is 4.79 Å². The van der Waals surface area contributed by atoms with E-state index in [4.69, 9.17) is 5.73 Å². The van der Waals surface area contributed by atoms with Crippen molar-refractivity contribution in [3.8, 4) is 0 Å². The lowest BCUT2D eigenvalue weighted by Gasteiger charge is -2.22. The Morgan fingerprint density at radius 3 is 2.31 bits per heavy atom. The highest BCUT2D eigenvalue weighted by atomic mass is 16.2. The fourth-order valence-electron chi connectivity index (χ4n) is 3.98. The zero-order valence-corrected chi connectivity index (χ0v) is 19.4. The third-order valence-corrected chi connectivity index (χ3v) is 5.29. The van der Waals surface area contributed by atoms with Gasteiger partial charge in [-0.15, -0.1) is 0 Å². The van der Waals surface area contributed by atoms with E-state index >= 15 is 0 Å². The van der Waals surface area contributed by atoms with Crippen LogP contribution < -0.4 is 11.1 Å². The van der Waals surface area contributed by atoms with Gasteiger partial charge in [-0.1, -0.05) is 26.0 Å². The van der Waals surface area contributed by atoms with E-state index in [0.29, 0.717) is 42.2 Å². The second-order valence-corrected chi connectivity index (χ2v) is 8.35. The van der Waals surface area contributed by atoms with Gasteiger partial charge in [0, 0.05) is 41.9 Å². The highest BCUT2D eigenvalue weighted by Crippen LogP contribution is 2.29. The normalized spacial score (nSPS) is 12.9. The topological polar surface area (TPSA) is 87.8 Å². The number of benzene rings is 2. The van der Waals surface area contributed by atoms with Gasteiger partial charge in [-0.3, -0.25) is 9.59 Å². The van der Waals surface area contributed by atoms with E-state index in [2.05, 4.69) is 30.2 Å². The third kappa shape index (κ3) is 5.63. The summed E-state index contributed by atoms with van der Waals surface area (Å²) in [6.45, 7) is 9.54. The van der Waals surface area contributed by atoms with Crippen LogP contribution in [0.3, 0.4) is 0 Å². The molecular weight excluding hydrogens is 400 g/mol. The molecule has 0 unspecified atom stereocenters. The van der Waals surface area contributed by atoms with Crippen molar-refractivity contribution in [2.24, 2.45) is 10.7 Å². The van der Waals surface area contributed by atoms with Crippen LogP contribution in [0, 0.1) is 13.8 Å². The summed E-state index contributed by atoms with van der Waals surface area (Å²) < 4.78 is 0. The maximum atomic E-state index is 13.1. The molecule has 168 valence electrons. The van der Waals surface area contributed by atoms with Crippen LogP contribution in [0.1, 0.15) is 60.2 Å². The highest BCUT2D eigenvalue weighted by molar-refractivity contribution is 6.08. The molecule has 2 amide bonds. The van der Waals surface area contributed by atoms with E-state index < -0.39 is 0 Å². The minimum Gasteiger partial charge on any atom is -0.387 e. The van der Waals surface area contributed by atoms with Gasteiger partial charge in [-0.25, -0.2) is 4.99 Å². The van der Waals surface area contributed by atoms with Crippen molar-refractivity contribution >= 4 is 35.1 Å². The van der Waals surface area contributed by atoms with Crippen molar-refractivity contribution in [1.29, 1.82) is 0 Å². The summed E-state index contributed by atoms with van der Waals surface area (Å²) in [6.07, 6.45) is 3.95. The van der Waals surface area contributed by atoms with Crippen molar-refractivity contribution < 1.29 is 9.59 Å². The Hall–Kier alpha value is -3.41. The van der Waals surface area contributed by atoms with Gasteiger partial charge in [0.05, 0.1) is 5.69 Å². The molecule has 0 fully saturated rings. The summed E-state index contributed by atoms with van der Waals surface area (Å²) in [6, 6.07) is 11.2. The van der Waals surface area contributed by atoms with Crippen LogP contribution in [0.15, 0.2) is 47.0 Å². The Kier molecular flexibility index (Phi) is 7.46. The molecule has 1 heterocycles. The molecule has 3 rings (SSSR count). The lowest BCUT2D eigenvalue weighted by molar-refractivity contribution is -0.127. The predicted molar refractivity (Wildman–Crippen MR) is 131 cm³/mol. The number of aliphatic imine (C=N–C) groups is 1. The molecule has 0 aliphatic carbocycles. The van der Waals surface area contributed by atoms with Crippen LogP contribution in [0.25, 0.3) is 6.08 Å². The number of nitrogens with zero attached hydrogens (tertiary/aromatic N) is 2. The van der Waals surface area contributed by atoms with E-state index in [0.717, 1.165) is 35.2 Å². The molecule has 3 N–H and O–H groups in total. The smallest absolute Gasteiger partial charge is 0.255 e. The molecule has 0 spiro atoms. The summed E-state index contributed by atoms with van der Waals surface area (Å²) in [5.41, 5.74) is 11.6. The van der Waals surface area contributed by atoms with E-state index in [-0.39, 0.29) is 11.8 Å². The lowest BCUT2D eigenvalue weighted by atomic mass is 10.0. The van der Waals surface area contributed by atoms with Crippen LogP contribution in [0.5, 0.6) is 0 Å². The first-order valence-electron chi connectivity index (χ1n) is 11.2. The van der Waals surface area contributed by atoms with Gasteiger partial charge in [0.2, 0.25) is 5.91 Å². The number of carbonyl (C=O) groups is 2. The SMILES string of the molecule is CCCN(CCC)C(=O)C1=Cc2ccc(C(=O)Nc3cc(C)cc(C)c3)cc2N=C(N)C1. The summed E-state index contributed by atoms with van der Waals surface area (Å²) in [5, 5.41) is 2.95. The number of nitrogens with two attached hydrogens (primary N) is 1. The van der Waals surface area contributed by atoms with E-state index in [1.54, 1.807) is 12.1 Å². The zero-order chi connectivity index (χ0) is 23.3. The summed E-state index contributed by atoms with van der Waals surface area (Å²) >= 11 is 0. The van der Waals surface area contributed by atoms with Gasteiger partial charge < -0.3 is 16.0 Å². The van der Waals surface area contributed by atoms with Gasteiger partial charge in [0.25, 0.3) is 5.91 Å². The largest absolute Gasteiger partial charge is 0.387 e. The average molecular weight is 433 g/mol. The Morgan fingerprint density at radius 1 is 1.03 bits per heavy atom. The molecule has 32 heavy (non-hydrogen) atoms. The second kappa shape index (κ2) is 10.3. The predicted octanol–water partition coefficient (Wildman–Crippen LogP) is 4.98. The second-order valence-electron chi connectivity index (χ2n) is 8.35. The quantitative estimate of drug-likeness (QED) is 0.647. The molecule has 2 aromatic carbocycles. The number of hydrogen-bond donors (Lipinski definition) is 2. The van der Waals surface area contributed by atoms with Gasteiger partial charge in [-0.05, 0) is 68.2 Å². The first-order chi connectivity index (χ1) is 15.3. The number of fused-ring (bicyclic) bond motifs is 1. The van der Waals surface area contributed by atoms with E-state index in [1.165, 1.54) is 0 Å². The first-order valence-corrected chi connectivity index (χ1v) is 11.2. The average Bonchev–Trinajstić information content (AvgIpc) is 2.89. The Bertz CT molecular complexity index is 1060. The molecule has 0 saturated heterocycles. The lowest BCUT2D eigenvalue weighted by Crippen LogP contribution is -2.34. The highest BCUT2D eigenvalue weighted by Gasteiger charge is 2.21. The zero-order valence-electron chi connectivity index (χ0n) is 19.4. The number of anilines is 1. The maximum Gasteiger partial charge on any atom is 0.255 e. The summed E-state index contributed by atoms with van der Waals surface area (Å²) in [5.74, 6) is 0.146. The molecule has 6 heteroatoms. The first kappa shape index (κ1) is 23.3. The molecular formula is C26H32N4O2. The van der Waals surface area contributed by atoms with Crippen molar-refractivity contribution in [3.05, 3.63) is 64.2 Å². The number of aryl methyl sites for hydroxylation is 2. The maximum absolute atomic E-state index is 13.1. The molecule has 1 aliphatic rings. The molecule has 6 nitrogen and oxygen atoms in total. The molecule has 0 radical (unpaired) electrons. The number of nitrogens with one attached hydrogen (secondary N) is 1. The van der Waals surface area contributed by atoms with Gasteiger partial charge in [0.15, 0.2) is 0 Å². The molecule has 1 aliphatic heterocycles. The van der Waals surface area contributed by atoms with Crippen molar-refractivity contribution in [2.75, 3.05) is 18.4 Å². The van der Waals surface area contributed by atoms with E-state index in [9.17, 15) is 9.59 Å². The molecule has 0 aromatic heterocycles. The summed E-state index contributed by atoms with van der Waals surface area (Å²) in [7, 11) is 0. The standard InChI is InChI=1S/C26H32N4O2/c1-5-9-30(10-6-2)26(32)21-14-19-7-8-20(15-23(19)29-24(27)16-21)25(31)28-22-12-17(3)11-18(4)13-22/h7-8,11-15H,5-6,9-10,16H2,1-4H3,(H2,27,29)(H,28,31). The fourth-order valence-corrected chi connectivity index (χ4v) is 3.98. The Labute approximate surface area is 190 Å². The van der Waals surface area contributed by atoms with Crippen molar-refractivity contribution in [1.82, 2.24) is 4.90 Å². The molecule has 0 atom stereocenters. The number of amides is 2. The molecule has 0 bridgehead atoms. The van der Waals surface area contributed by atoms with Crippen LogP contribution in [0.2, 0.25) is 0 Å². The van der Waals surface area contributed by atoms with E-state index in [1.807, 2.05) is 43.0 Å². The third-order valence-electron chi connectivity index (χ3n) is 5.29. The van der Waals surface area contributed by atoms with Crippen molar-refractivity contribution in [2.45, 2.75) is 47.0 Å².